The average molecular weight is 786 g/mol. The molecular weight excluding hydrogens is 695 g/mol. The third-order valence-corrected chi connectivity index (χ3v) is 11.9. The molecule has 8 heteroatoms. The van der Waals surface area contributed by atoms with E-state index in [1.807, 2.05) is 0 Å². The lowest BCUT2D eigenvalue weighted by molar-refractivity contribution is -0.131. The van der Waals surface area contributed by atoms with Gasteiger partial charge in [-0.3, -0.25) is 9.35 Å². The van der Waals surface area contributed by atoms with Gasteiger partial charge in [0, 0.05) is 0 Å². The molecule has 0 aromatic heterocycles. The van der Waals surface area contributed by atoms with E-state index < -0.39 is 40.0 Å². The molecule has 7 nitrogen and oxygen atoms in total. The first-order valence-electron chi connectivity index (χ1n) is 23.5. The summed E-state index contributed by atoms with van der Waals surface area (Å²) in [6.45, 7) is 4.53. The molecule has 0 aliphatic heterocycles. The van der Waals surface area contributed by atoms with Gasteiger partial charge in [0.25, 0.3) is 10.1 Å². The van der Waals surface area contributed by atoms with Gasteiger partial charge in [0.05, 0.1) is 17.9 Å². The minimum Gasteiger partial charge on any atom is -0.391 e. The second-order valence-corrected chi connectivity index (χ2v) is 18.0. The lowest BCUT2D eigenvalue weighted by atomic mass is 10.0. The van der Waals surface area contributed by atoms with Crippen LogP contribution in [-0.2, 0) is 14.9 Å². The highest BCUT2D eigenvalue weighted by Crippen LogP contribution is 2.17. The van der Waals surface area contributed by atoms with Gasteiger partial charge in [0.1, 0.15) is 6.10 Å². The van der Waals surface area contributed by atoms with Crippen molar-refractivity contribution in [3.8, 4) is 0 Å². The summed E-state index contributed by atoms with van der Waals surface area (Å²) in [5, 5.41) is 23.6. The Hall–Kier alpha value is -0.960. The number of allylic oxidation sites excluding steroid dienone is 2. The van der Waals surface area contributed by atoms with Crippen molar-refractivity contribution in [2.75, 3.05) is 5.75 Å². The first kappa shape index (κ1) is 53.0. The van der Waals surface area contributed by atoms with Gasteiger partial charge in [-0.05, 0) is 38.5 Å². The first-order chi connectivity index (χ1) is 26.2. The minimum atomic E-state index is -4.41. The summed E-state index contributed by atoms with van der Waals surface area (Å²) < 4.78 is 32.7. The van der Waals surface area contributed by atoms with Gasteiger partial charge >= 0.3 is 0 Å². The van der Waals surface area contributed by atoms with Gasteiger partial charge < -0.3 is 15.5 Å². The van der Waals surface area contributed by atoms with E-state index in [0.717, 1.165) is 51.4 Å². The van der Waals surface area contributed by atoms with Crippen LogP contribution in [0.15, 0.2) is 12.2 Å². The molecule has 322 valence electrons. The maximum absolute atomic E-state index is 12.6. The number of hydrogen-bond donors (Lipinski definition) is 4. The van der Waals surface area contributed by atoms with Gasteiger partial charge in [-0.25, -0.2) is 0 Å². The third-order valence-electron chi connectivity index (χ3n) is 11.1. The Labute approximate surface area is 335 Å². The first-order valence-corrected chi connectivity index (χ1v) is 25.1. The van der Waals surface area contributed by atoms with Gasteiger partial charge in [-0.2, -0.15) is 8.42 Å². The van der Waals surface area contributed by atoms with Crippen LogP contribution >= 0.6 is 0 Å². The Morgan fingerprint density at radius 1 is 0.481 bits per heavy atom. The summed E-state index contributed by atoms with van der Waals surface area (Å²) in [4.78, 5) is 12.6. The quantitative estimate of drug-likeness (QED) is 0.0277. The minimum absolute atomic E-state index is 0.293. The topological polar surface area (TPSA) is 124 Å². The third kappa shape index (κ3) is 39.3. The number of unbranched alkanes of at least 4 members (excludes halogenated alkanes) is 32. The second-order valence-electron chi connectivity index (χ2n) is 16.5. The molecule has 0 rings (SSSR count). The van der Waals surface area contributed by atoms with Crippen LogP contribution in [0, 0.1) is 0 Å². The van der Waals surface area contributed by atoms with Crippen LogP contribution in [0.4, 0.5) is 0 Å². The summed E-state index contributed by atoms with van der Waals surface area (Å²) in [7, 11) is -4.41. The fourth-order valence-corrected chi connectivity index (χ4v) is 8.22. The predicted octanol–water partition coefficient (Wildman–Crippen LogP) is 13.1. The van der Waals surface area contributed by atoms with Crippen molar-refractivity contribution >= 4 is 16.0 Å². The Balaban J connectivity index is 3.88. The van der Waals surface area contributed by atoms with E-state index in [2.05, 4.69) is 31.3 Å². The maximum atomic E-state index is 12.6. The Morgan fingerprint density at radius 3 is 1.11 bits per heavy atom. The van der Waals surface area contributed by atoms with Crippen LogP contribution in [0.25, 0.3) is 0 Å². The van der Waals surface area contributed by atoms with E-state index in [1.165, 1.54) is 167 Å². The lowest BCUT2D eigenvalue weighted by Crippen LogP contribution is -2.50. The zero-order chi connectivity index (χ0) is 39.8. The highest BCUT2D eigenvalue weighted by Gasteiger charge is 2.28. The molecule has 0 spiro atoms. The smallest absolute Gasteiger partial charge is 0.266 e. The molecule has 0 fully saturated rings. The number of amides is 1. The van der Waals surface area contributed by atoms with Gasteiger partial charge in [0.2, 0.25) is 5.91 Å². The summed E-state index contributed by atoms with van der Waals surface area (Å²) in [6, 6.07) is -1.15. The van der Waals surface area contributed by atoms with Crippen LogP contribution in [-0.4, -0.2) is 53.1 Å². The van der Waals surface area contributed by atoms with Crippen molar-refractivity contribution in [2.24, 2.45) is 0 Å². The molecule has 0 radical (unpaired) electrons. The number of carbonyl (C=O) groups is 1. The molecule has 0 bridgehead atoms. The van der Waals surface area contributed by atoms with Gasteiger partial charge in [-0.15, -0.1) is 0 Å². The van der Waals surface area contributed by atoms with Crippen LogP contribution in [0.5, 0.6) is 0 Å². The standard InChI is InChI=1S/C46H91NO6S/c1-3-5-7-9-11-13-15-17-19-20-21-22-23-24-25-27-29-31-33-35-37-39-41-45(49)46(50)47-43(42-54(51,52)53)44(48)40-38-36-34-32-30-28-26-18-16-14-12-10-8-6-4-2/h24-25,43-45,48-49H,3-23,26-42H2,1-2H3,(H,47,50)(H,51,52,53)/b25-24-. The van der Waals surface area contributed by atoms with E-state index in [0.29, 0.717) is 19.3 Å². The van der Waals surface area contributed by atoms with Crippen molar-refractivity contribution < 1.29 is 28.0 Å². The van der Waals surface area contributed by atoms with Crippen LogP contribution in [0.1, 0.15) is 251 Å². The zero-order valence-corrected chi connectivity index (χ0v) is 36.5. The number of aliphatic hydroxyl groups is 2. The number of aliphatic hydroxyl groups excluding tert-OH is 2. The summed E-state index contributed by atoms with van der Waals surface area (Å²) in [5.74, 6) is -1.45. The fourth-order valence-electron chi connectivity index (χ4n) is 7.46. The number of hydrogen-bond acceptors (Lipinski definition) is 5. The Kier molecular flexibility index (Phi) is 39.5. The molecule has 3 atom stereocenters. The van der Waals surface area contributed by atoms with Crippen LogP contribution in [0.2, 0.25) is 0 Å². The number of rotatable bonds is 43. The molecular formula is C46H91NO6S. The predicted molar refractivity (Wildman–Crippen MR) is 232 cm³/mol. The molecule has 0 heterocycles. The Bertz CT molecular complexity index is 926. The van der Waals surface area contributed by atoms with Crippen molar-refractivity contribution in [1.82, 2.24) is 5.32 Å². The summed E-state index contributed by atoms with van der Waals surface area (Å²) in [5.41, 5.74) is 0. The van der Waals surface area contributed by atoms with E-state index in [1.54, 1.807) is 0 Å². The number of carbonyl (C=O) groups excluding carboxylic acids is 1. The number of nitrogens with one attached hydrogen (secondary N) is 1. The highest BCUT2D eigenvalue weighted by molar-refractivity contribution is 7.85. The fraction of sp³-hybridized carbons (Fsp3) is 0.935. The molecule has 1 amide bonds. The van der Waals surface area contributed by atoms with Crippen molar-refractivity contribution in [3.63, 3.8) is 0 Å². The molecule has 0 aliphatic rings. The van der Waals surface area contributed by atoms with Gasteiger partial charge in [0.15, 0.2) is 0 Å². The molecule has 0 aromatic rings. The van der Waals surface area contributed by atoms with E-state index in [-0.39, 0.29) is 0 Å². The van der Waals surface area contributed by atoms with E-state index >= 15 is 0 Å². The Morgan fingerprint density at radius 2 is 0.778 bits per heavy atom. The normalized spacial score (nSPS) is 13.8. The molecule has 0 saturated carbocycles. The van der Waals surface area contributed by atoms with Crippen molar-refractivity contribution in [2.45, 2.75) is 270 Å². The van der Waals surface area contributed by atoms with Crippen molar-refractivity contribution in [1.29, 1.82) is 0 Å². The molecule has 0 saturated heterocycles. The summed E-state index contributed by atoms with van der Waals surface area (Å²) >= 11 is 0. The van der Waals surface area contributed by atoms with Crippen LogP contribution < -0.4 is 5.32 Å². The lowest BCUT2D eigenvalue weighted by Gasteiger charge is -2.24. The molecule has 3 unspecified atom stereocenters. The average Bonchev–Trinajstić information content (AvgIpc) is 3.14. The van der Waals surface area contributed by atoms with E-state index in [4.69, 9.17) is 0 Å². The van der Waals surface area contributed by atoms with E-state index in [9.17, 15) is 28.0 Å². The highest BCUT2D eigenvalue weighted by atomic mass is 32.2. The zero-order valence-electron chi connectivity index (χ0n) is 35.7. The SMILES string of the molecule is CCCCCCCCCCCCCC/C=C\CCCCCCCCC(O)C(=O)NC(CS(=O)(=O)O)C(O)CCCCCCCCCCCCCCCCC. The van der Waals surface area contributed by atoms with Crippen LogP contribution in [0.3, 0.4) is 0 Å². The molecule has 0 aromatic carbocycles. The second kappa shape index (κ2) is 40.2. The van der Waals surface area contributed by atoms with Crippen molar-refractivity contribution in [3.05, 3.63) is 12.2 Å². The monoisotopic (exact) mass is 786 g/mol. The largest absolute Gasteiger partial charge is 0.391 e. The maximum Gasteiger partial charge on any atom is 0.266 e. The molecule has 54 heavy (non-hydrogen) atoms. The van der Waals surface area contributed by atoms with Gasteiger partial charge in [-0.1, -0.05) is 225 Å². The molecule has 0 aliphatic carbocycles. The molecule has 4 N–H and O–H groups in total. The summed E-state index contributed by atoms with van der Waals surface area (Å²) in [6.07, 6.45) is 46.6.